The van der Waals surface area contributed by atoms with Crippen molar-refractivity contribution in [2.75, 3.05) is 26.8 Å². The van der Waals surface area contributed by atoms with E-state index in [0.29, 0.717) is 12.6 Å². The van der Waals surface area contributed by atoms with E-state index in [9.17, 15) is 4.79 Å². The molecule has 0 aromatic rings. The zero-order valence-electron chi connectivity index (χ0n) is 10.5. The van der Waals surface area contributed by atoms with Crippen LogP contribution in [0.5, 0.6) is 0 Å². The summed E-state index contributed by atoms with van der Waals surface area (Å²) in [7, 11) is 1.70. The molecule has 0 bridgehead atoms. The van der Waals surface area contributed by atoms with E-state index in [4.69, 9.17) is 4.74 Å². The molecule has 100 valence electrons. The summed E-state index contributed by atoms with van der Waals surface area (Å²) in [5, 5.41) is 6.44. The standard InChI is InChI=1S/C12H22N2O2.ClH/c1-16-8-6-12(4-2-5-12)11(15)14-10-3-7-13-9-10;/h10,13H,2-9H2,1H3,(H,14,15);1H. The Morgan fingerprint density at radius 3 is 2.76 bits per heavy atom. The van der Waals surface area contributed by atoms with E-state index in [1.54, 1.807) is 7.11 Å². The van der Waals surface area contributed by atoms with Crippen LogP contribution in [0.25, 0.3) is 0 Å². The van der Waals surface area contributed by atoms with Crippen LogP contribution in [0.15, 0.2) is 0 Å². The van der Waals surface area contributed by atoms with Crippen molar-refractivity contribution in [1.82, 2.24) is 10.6 Å². The molecule has 0 aromatic heterocycles. The van der Waals surface area contributed by atoms with Gasteiger partial charge in [0.2, 0.25) is 5.91 Å². The van der Waals surface area contributed by atoms with E-state index in [1.165, 1.54) is 6.42 Å². The molecular formula is C12H23ClN2O2. The number of halogens is 1. The highest BCUT2D eigenvalue weighted by Crippen LogP contribution is 2.44. The molecule has 1 heterocycles. The molecular weight excluding hydrogens is 240 g/mol. The Morgan fingerprint density at radius 2 is 2.29 bits per heavy atom. The van der Waals surface area contributed by atoms with E-state index in [-0.39, 0.29) is 23.7 Å². The van der Waals surface area contributed by atoms with Crippen LogP contribution in [-0.2, 0) is 9.53 Å². The van der Waals surface area contributed by atoms with Crippen LogP contribution in [0.3, 0.4) is 0 Å². The van der Waals surface area contributed by atoms with Gasteiger partial charge in [-0.3, -0.25) is 4.79 Å². The molecule has 0 radical (unpaired) electrons. The molecule has 2 rings (SSSR count). The minimum absolute atomic E-state index is 0. The Balaban J connectivity index is 0.00000144. The highest BCUT2D eigenvalue weighted by atomic mass is 35.5. The summed E-state index contributed by atoms with van der Waals surface area (Å²) in [5.74, 6) is 0.254. The third-order valence-electron chi connectivity index (χ3n) is 3.97. The predicted octanol–water partition coefficient (Wildman–Crippen LogP) is 1.09. The molecule has 2 fully saturated rings. The number of ether oxygens (including phenoxy) is 1. The van der Waals surface area contributed by atoms with Gasteiger partial charge in [0.25, 0.3) is 0 Å². The van der Waals surface area contributed by atoms with E-state index < -0.39 is 0 Å². The summed E-state index contributed by atoms with van der Waals surface area (Å²) < 4.78 is 5.10. The fourth-order valence-corrected chi connectivity index (χ4v) is 2.61. The van der Waals surface area contributed by atoms with E-state index in [1.807, 2.05) is 0 Å². The van der Waals surface area contributed by atoms with Gasteiger partial charge < -0.3 is 15.4 Å². The molecule has 17 heavy (non-hydrogen) atoms. The molecule has 4 nitrogen and oxygen atoms in total. The van der Waals surface area contributed by atoms with Gasteiger partial charge in [-0.25, -0.2) is 0 Å². The maximum atomic E-state index is 12.2. The minimum atomic E-state index is -0.112. The molecule has 2 aliphatic rings. The largest absolute Gasteiger partial charge is 0.385 e. The van der Waals surface area contributed by atoms with Gasteiger partial charge in [0, 0.05) is 26.3 Å². The van der Waals surface area contributed by atoms with E-state index in [2.05, 4.69) is 10.6 Å². The van der Waals surface area contributed by atoms with Crippen molar-refractivity contribution in [3.63, 3.8) is 0 Å². The molecule has 0 spiro atoms. The van der Waals surface area contributed by atoms with E-state index in [0.717, 1.165) is 38.8 Å². The first-order valence-corrected chi connectivity index (χ1v) is 6.27. The van der Waals surface area contributed by atoms with Crippen molar-refractivity contribution < 1.29 is 9.53 Å². The number of methoxy groups -OCH3 is 1. The third-order valence-corrected chi connectivity index (χ3v) is 3.97. The summed E-state index contributed by atoms with van der Waals surface area (Å²) in [5.41, 5.74) is -0.112. The highest BCUT2D eigenvalue weighted by Gasteiger charge is 2.44. The van der Waals surface area contributed by atoms with Gasteiger partial charge in [-0.1, -0.05) is 6.42 Å². The average Bonchev–Trinajstić information content (AvgIpc) is 2.69. The lowest BCUT2D eigenvalue weighted by Crippen LogP contribution is -2.50. The summed E-state index contributed by atoms with van der Waals surface area (Å²) >= 11 is 0. The van der Waals surface area contributed by atoms with Crippen molar-refractivity contribution in [3.05, 3.63) is 0 Å². The smallest absolute Gasteiger partial charge is 0.226 e. The summed E-state index contributed by atoms with van der Waals surface area (Å²) in [6.45, 7) is 2.64. The van der Waals surface area contributed by atoms with Gasteiger partial charge in [0.1, 0.15) is 0 Å². The van der Waals surface area contributed by atoms with Crippen LogP contribution < -0.4 is 10.6 Å². The Kier molecular flexibility index (Phi) is 5.70. The Hall–Kier alpha value is -0.320. The lowest BCUT2D eigenvalue weighted by molar-refractivity contribution is -0.138. The Bertz CT molecular complexity index is 251. The van der Waals surface area contributed by atoms with Gasteiger partial charge in [-0.2, -0.15) is 0 Å². The molecule has 1 saturated heterocycles. The first-order valence-electron chi connectivity index (χ1n) is 6.27. The molecule has 1 aliphatic carbocycles. The van der Waals surface area contributed by atoms with Crippen molar-refractivity contribution in [2.24, 2.45) is 5.41 Å². The second kappa shape index (κ2) is 6.57. The lowest BCUT2D eigenvalue weighted by Gasteiger charge is -2.40. The maximum absolute atomic E-state index is 12.2. The van der Waals surface area contributed by atoms with Gasteiger partial charge >= 0.3 is 0 Å². The fraction of sp³-hybridized carbons (Fsp3) is 0.917. The molecule has 1 unspecified atom stereocenters. The summed E-state index contributed by atoms with van der Waals surface area (Å²) in [4.78, 5) is 12.2. The van der Waals surface area contributed by atoms with Crippen LogP contribution in [0.1, 0.15) is 32.1 Å². The number of carbonyl (C=O) groups is 1. The summed E-state index contributed by atoms with van der Waals surface area (Å²) in [6, 6.07) is 0.340. The van der Waals surface area contributed by atoms with Crippen molar-refractivity contribution in [1.29, 1.82) is 0 Å². The monoisotopic (exact) mass is 262 g/mol. The van der Waals surface area contributed by atoms with Crippen molar-refractivity contribution in [2.45, 2.75) is 38.1 Å². The van der Waals surface area contributed by atoms with Gasteiger partial charge in [0.15, 0.2) is 0 Å². The first-order chi connectivity index (χ1) is 7.77. The van der Waals surface area contributed by atoms with Gasteiger partial charge in [0.05, 0.1) is 5.41 Å². The Morgan fingerprint density at radius 1 is 1.53 bits per heavy atom. The second-order valence-corrected chi connectivity index (χ2v) is 5.04. The van der Waals surface area contributed by atoms with Crippen LogP contribution in [-0.4, -0.2) is 38.8 Å². The molecule has 2 N–H and O–H groups in total. The Labute approximate surface area is 109 Å². The van der Waals surface area contributed by atoms with Crippen LogP contribution in [0.2, 0.25) is 0 Å². The van der Waals surface area contributed by atoms with Crippen molar-refractivity contribution in [3.8, 4) is 0 Å². The number of carbonyl (C=O) groups excluding carboxylic acids is 1. The second-order valence-electron chi connectivity index (χ2n) is 5.04. The topological polar surface area (TPSA) is 50.4 Å². The maximum Gasteiger partial charge on any atom is 0.226 e. The van der Waals surface area contributed by atoms with Crippen LogP contribution in [0.4, 0.5) is 0 Å². The predicted molar refractivity (Wildman–Crippen MR) is 69.4 cm³/mol. The normalized spacial score (nSPS) is 25.8. The molecule has 1 saturated carbocycles. The zero-order chi connectivity index (χ0) is 11.4. The molecule has 1 amide bonds. The lowest BCUT2D eigenvalue weighted by atomic mass is 9.66. The van der Waals surface area contributed by atoms with Gasteiger partial charge in [-0.15, -0.1) is 12.4 Å². The van der Waals surface area contributed by atoms with E-state index >= 15 is 0 Å². The van der Waals surface area contributed by atoms with Crippen molar-refractivity contribution >= 4 is 18.3 Å². The highest BCUT2D eigenvalue weighted by molar-refractivity contribution is 5.85. The first kappa shape index (κ1) is 14.7. The molecule has 1 atom stereocenters. The molecule has 5 heteroatoms. The van der Waals surface area contributed by atoms with Gasteiger partial charge in [-0.05, 0) is 32.2 Å². The third kappa shape index (κ3) is 3.33. The molecule has 1 aliphatic heterocycles. The number of nitrogens with one attached hydrogen (secondary N) is 2. The van der Waals surface area contributed by atoms with Crippen LogP contribution in [0, 0.1) is 5.41 Å². The quantitative estimate of drug-likeness (QED) is 0.780. The zero-order valence-corrected chi connectivity index (χ0v) is 11.3. The molecule has 0 aromatic carbocycles. The number of rotatable bonds is 5. The average molecular weight is 263 g/mol. The van der Waals surface area contributed by atoms with Crippen LogP contribution >= 0.6 is 12.4 Å². The summed E-state index contributed by atoms with van der Waals surface area (Å²) in [6.07, 6.45) is 5.17. The number of amides is 1. The number of hydrogen-bond acceptors (Lipinski definition) is 3. The number of hydrogen-bond donors (Lipinski definition) is 2. The minimum Gasteiger partial charge on any atom is -0.385 e. The fourth-order valence-electron chi connectivity index (χ4n) is 2.61. The SMILES string of the molecule is COCCC1(C(=O)NC2CCNC2)CCC1.Cl.